The number of hydrogen-bond acceptors (Lipinski definition) is 4. The molecule has 0 aliphatic rings. The molecule has 1 amide bonds. The fourth-order valence-electron chi connectivity index (χ4n) is 2.62. The molecule has 144 valence electrons. The van der Waals surface area contributed by atoms with Crippen molar-refractivity contribution >= 4 is 11.9 Å². The molecular weight excluding hydrogens is 346 g/mol. The summed E-state index contributed by atoms with van der Waals surface area (Å²) in [6.07, 6.45) is -0.412. The van der Waals surface area contributed by atoms with Crippen LogP contribution in [0.2, 0.25) is 0 Å². The van der Waals surface area contributed by atoms with Crippen molar-refractivity contribution in [3.05, 3.63) is 65.7 Å². The van der Waals surface area contributed by atoms with Crippen LogP contribution in [0.4, 0.5) is 0 Å². The molecule has 0 fully saturated rings. The molecule has 0 aromatic heterocycles. The van der Waals surface area contributed by atoms with Crippen LogP contribution in [-0.4, -0.2) is 36.7 Å². The van der Waals surface area contributed by atoms with Gasteiger partial charge in [0.1, 0.15) is 11.9 Å². The van der Waals surface area contributed by atoms with Gasteiger partial charge in [0.2, 0.25) is 5.91 Å². The van der Waals surface area contributed by atoms with E-state index in [9.17, 15) is 14.7 Å². The molecule has 0 bridgehead atoms. The number of benzene rings is 2. The summed E-state index contributed by atoms with van der Waals surface area (Å²) in [5, 5.41) is 12.2. The highest BCUT2D eigenvalue weighted by molar-refractivity contribution is 5.81. The van der Waals surface area contributed by atoms with E-state index in [2.05, 4.69) is 5.32 Å². The predicted molar refractivity (Wildman–Crippen MR) is 102 cm³/mol. The molecule has 2 rings (SSSR count). The van der Waals surface area contributed by atoms with Crippen LogP contribution in [-0.2, 0) is 27.4 Å². The van der Waals surface area contributed by atoms with Crippen molar-refractivity contribution in [2.75, 3.05) is 13.7 Å². The third-order valence-electron chi connectivity index (χ3n) is 4.24. The molecule has 0 saturated carbocycles. The van der Waals surface area contributed by atoms with E-state index in [1.807, 2.05) is 48.5 Å². The van der Waals surface area contributed by atoms with Crippen LogP contribution in [0, 0.1) is 5.92 Å². The molecule has 2 atom stereocenters. The topological polar surface area (TPSA) is 84.9 Å². The standard InChI is InChI=1S/C21H25NO5/c1-15(27-14-16-8-4-3-5-9-16)20(23)22-13-18(21(24)25)12-17-10-6-7-11-19(17)26-2/h3-11,15,18H,12-14H2,1-2H3,(H,22,23)(H,24,25). The Morgan fingerprint density at radius 2 is 1.74 bits per heavy atom. The minimum Gasteiger partial charge on any atom is -0.496 e. The van der Waals surface area contributed by atoms with Gasteiger partial charge in [-0.3, -0.25) is 9.59 Å². The van der Waals surface area contributed by atoms with E-state index in [0.29, 0.717) is 12.4 Å². The maximum Gasteiger partial charge on any atom is 0.308 e. The highest BCUT2D eigenvalue weighted by Crippen LogP contribution is 2.21. The molecule has 6 nitrogen and oxygen atoms in total. The van der Waals surface area contributed by atoms with Crippen molar-refractivity contribution in [2.24, 2.45) is 5.92 Å². The van der Waals surface area contributed by atoms with Crippen LogP contribution in [0.5, 0.6) is 5.75 Å². The zero-order valence-corrected chi connectivity index (χ0v) is 15.6. The molecule has 6 heteroatoms. The zero-order chi connectivity index (χ0) is 19.6. The maximum absolute atomic E-state index is 12.2. The van der Waals surface area contributed by atoms with E-state index < -0.39 is 18.0 Å². The molecule has 0 heterocycles. The summed E-state index contributed by atoms with van der Waals surface area (Å²) in [7, 11) is 1.54. The molecule has 0 saturated heterocycles. The monoisotopic (exact) mass is 371 g/mol. The third-order valence-corrected chi connectivity index (χ3v) is 4.24. The summed E-state index contributed by atoms with van der Waals surface area (Å²) in [6.45, 7) is 1.98. The van der Waals surface area contributed by atoms with Gasteiger partial charge in [0.15, 0.2) is 0 Å². The van der Waals surface area contributed by atoms with Gasteiger partial charge in [-0.2, -0.15) is 0 Å². The van der Waals surface area contributed by atoms with E-state index in [4.69, 9.17) is 9.47 Å². The molecule has 2 unspecified atom stereocenters. The fourth-order valence-corrected chi connectivity index (χ4v) is 2.62. The van der Waals surface area contributed by atoms with Crippen LogP contribution >= 0.6 is 0 Å². The van der Waals surface area contributed by atoms with Crippen molar-refractivity contribution in [1.82, 2.24) is 5.32 Å². The molecule has 0 spiro atoms. The summed E-state index contributed by atoms with van der Waals surface area (Å²) < 4.78 is 10.8. The molecule has 0 aliphatic carbocycles. The lowest BCUT2D eigenvalue weighted by Crippen LogP contribution is -2.39. The third kappa shape index (κ3) is 6.42. The van der Waals surface area contributed by atoms with Crippen molar-refractivity contribution in [3.63, 3.8) is 0 Å². The Morgan fingerprint density at radius 3 is 2.41 bits per heavy atom. The van der Waals surface area contributed by atoms with Crippen molar-refractivity contribution in [3.8, 4) is 5.75 Å². The molecule has 2 aromatic carbocycles. The molecule has 2 aromatic rings. The number of carbonyl (C=O) groups excluding carboxylic acids is 1. The van der Waals surface area contributed by atoms with E-state index >= 15 is 0 Å². The van der Waals surface area contributed by atoms with Gasteiger partial charge in [-0.05, 0) is 30.5 Å². The first-order chi connectivity index (χ1) is 13.0. The van der Waals surface area contributed by atoms with Crippen molar-refractivity contribution in [1.29, 1.82) is 0 Å². The largest absolute Gasteiger partial charge is 0.496 e. The fraction of sp³-hybridized carbons (Fsp3) is 0.333. The Hall–Kier alpha value is -2.86. The first-order valence-electron chi connectivity index (χ1n) is 8.79. The van der Waals surface area contributed by atoms with Gasteiger partial charge in [0.25, 0.3) is 0 Å². The molecule has 27 heavy (non-hydrogen) atoms. The summed E-state index contributed by atoms with van der Waals surface area (Å²) >= 11 is 0. The second-order valence-electron chi connectivity index (χ2n) is 6.24. The Labute approximate surface area is 159 Å². The number of carbonyl (C=O) groups is 2. The lowest BCUT2D eigenvalue weighted by molar-refractivity contribution is -0.142. The molecule has 0 aliphatic heterocycles. The van der Waals surface area contributed by atoms with Gasteiger partial charge < -0.3 is 19.9 Å². The molecule has 2 N–H and O–H groups in total. The number of nitrogens with one attached hydrogen (secondary N) is 1. The van der Waals surface area contributed by atoms with Gasteiger partial charge in [0.05, 0.1) is 19.6 Å². The number of amides is 1. The lowest BCUT2D eigenvalue weighted by atomic mass is 9.98. The van der Waals surface area contributed by atoms with Gasteiger partial charge in [-0.25, -0.2) is 0 Å². The Bertz CT molecular complexity index is 747. The number of aliphatic carboxylic acids is 1. The molecular formula is C21H25NO5. The van der Waals surface area contributed by atoms with Gasteiger partial charge in [-0.1, -0.05) is 48.5 Å². The summed E-state index contributed by atoms with van der Waals surface area (Å²) in [5.74, 6) is -1.43. The van der Waals surface area contributed by atoms with Crippen LogP contribution in [0.25, 0.3) is 0 Å². The van der Waals surface area contributed by atoms with Crippen LogP contribution < -0.4 is 10.1 Å². The van der Waals surface area contributed by atoms with Gasteiger partial charge >= 0.3 is 5.97 Å². The van der Waals surface area contributed by atoms with E-state index in [-0.39, 0.29) is 18.9 Å². The average molecular weight is 371 g/mol. The number of carboxylic acids is 1. The average Bonchev–Trinajstić information content (AvgIpc) is 2.69. The van der Waals surface area contributed by atoms with Crippen molar-refractivity contribution in [2.45, 2.75) is 26.1 Å². The predicted octanol–water partition coefficient (Wildman–Crippen LogP) is 2.66. The number of methoxy groups -OCH3 is 1. The van der Waals surface area contributed by atoms with Crippen LogP contribution in [0.1, 0.15) is 18.1 Å². The summed E-state index contributed by atoms with van der Waals surface area (Å²) in [4.78, 5) is 23.8. The smallest absolute Gasteiger partial charge is 0.308 e. The van der Waals surface area contributed by atoms with E-state index in [1.165, 1.54) is 0 Å². The summed E-state index contributed by atoms with van der Waals surface area (Å²) in [6, 6.07) is 16.8. The number of hydrogen-bond donors (Lipinski definition) is 2. The second kappa shape index (κ2) is 10.3. The minimum atomic E-state index is -0.973. The number of para-hydroxylation sites is 1. The molecule has 0 radical (unpaired) electrons. The Morgan fingerprint density at radius 1 is 1.07 bits per heavy atom. The normalized spacial score (nSPS) is 12.8. The Kier molecular flexibility index (Phi) is 7.82. The maximum atomic E-state index is 12.2. The van der Waals surface area contributed by atoms with Crippen LogP contribution in [0.3, 0.4) is 0 Å². The minimum absolute atomic E-state index is 0.0191. The zero-order valence-electron chi connectivity index (χ0n) is 15.6. The second-order valence-corrected chi connectivity index (χ2v) is 6.24. The number of ether oxygens (including phenoxy) is 2. The van der Waals surface area contributed by atoms with Gasteiger partial charge in [-0.15, -0.1) is 0 Å². The van der Waals surface area contributed by atoms with E-state index in [1.54, 1.807) is 20.1 Å². The number of carboxylic acid groups (broad SMARTS) is 1. The first kappa shape index (κ1) is 20.5. The quantitative estimate of drug-likeness (QED) is 0.671. The van der Waals surface area contributed by atoms with Gasteiger partial charge in [0, 0.05) is 6.54 Å². The highest BCUT2D eigenvalue weighted by Gasteiger charge is 2.22. The lowest BCUT2D eigenvalue weighted by Gasteiger charge is -2.18. The van der Waals surface area contributed by atoms with Crippen molar-refractivity contribution < 1.29 is 24.2 Å². The SMILES string of the molecule is COc1ccccc1CC(CNC(=O)C(C)OCc1ccccc1)C(=O)O. The number of rotatable bonds is 10. The summed E-state index contributed by atoms with van der Waals surface area (Å²) in [5.41, 5.74) is 1.76. The first-order valence-corrected chi connectivity index (χ1v) is 8.79. The highest BCUT2D eigenvalue weighted by atomic mass is 16.5. The van der Waals surface area contributed by atoms with E-state index in [0.717, 1.165) is 11.1 Å². The Balaban J connectivity index is 1.87. The van der Waals surface area contributed by atoms with Crippen LogP contribution in [0.15, 0.2) is 54.6 Å².